The summed E-state index contributed by atoms with van der Waals surface area (Å²) in [5.41, 5.74) is 3.08. The third-order valence-corrected chi connectivity index (χ3v) is 7.93. The molecular weight excluding hydrogens is 386 g/mol. The van der Waals surface area contributed by atoms with E-state index in [1.54, 1.807) is 6.07 Å². The first-order valence-corrected chi connectivity index (χ1v) is 11.4. The number of sulfonamides is 1. The summed E-state index contributed by atoms with van der Waals surface area (Å²) in [7, 11) is -7.51. The number of rotatable bonds is 5. The number of fused-ring (bicyclic) bond motifs is 1. The van der Waals surface area contributed by atoms with E-state index in [1.807, 2.05) is 19.9 Å². The molecule has 1 fully saturated rings. The molecule has 1 saturated carbocycles. The van der Waals surface area contributed by atoms with Gasteiger partial charge in [-0.25, -0.2) is 30.5 Å². The van der Waals surface area contributed by atoms with E-state index in [0.29, 0.717) is 11.0 Å². The minimum Gasteiger partial charge on any atom is -0.236 e. The first-order valence-electron chi connectivity index (χ1n) is 8.51. The van der Waals surface area contributed by atoms with Gasteiger partial charge in [0.15, 0.2) is 0 Å². The second-order valence-electron chi connectivity index (χ2n) is 6.84. The molecule has 1 aliphatic carbocycles. The van der Waals surface area contributed by atoms with Gasteiger partial charge in [-0.1, -0.05) is 0 Å². The third kappa shape index (κ3) is 3.26. The fourth-order valence-electron chi connectivity index (χ4n) is 2.83. The van der Waals surface area contributed by atoms with Crippen LogP contribution in [-0.4, -0.2) is 31.8 Å². The van der Waals surface area contributed by atoms with Crippen molar-refractivity contribution in [3.8, 4) is 0 Å². The van der Waals surface area contributed by atoms with Gasteiger partial charge in [0.1, 0.15) is 6.33 Å². The minimum absolute atomic E-state index is 0.00500. The van der Waals surface area contributed by atoms with Crippen molar-refractivity contribution in [3.63, 3.8) is 0 Å². The predicted molar refractivity (Wildman–Crippen MR) is 102 cm³/mol. The van der Waals surface area contributed by atoms with E-state index < -0.39 is 20.0 Å². The highest BCUT2D eigenvalue weighted by Gasteiger charge is 2.28. The van der Waals surface area contributed by atoms with Crippen LogP contribution in [0.1, 0.15) is 24.0 Å². The van der Waals surface area contributed by atoms with Crippen LogP contribution < -0.4 is 4.72 Å². The normalized spacial score (nSPS) is 15.3. The number of aromatic nitrogens is 2. The van der Waals surface area contributed by atoms with Crippen molar-refractivity contribution in [2.24, 2.45) is 0 Å². The van der Waals surface area contributed by atoms with E-state index in [4.69, 9.17) is 0 Å². The topological polar surface area (TPSA) is 98.1 Å². The fourth-order valence-corrected chi connectivity index (χ4v) is 5.42. The van der Waals surface area contributed by atoms with Crippen LogP contribution in [0.3, 0.4) is 0 Å². The molecule has 142 valence electrons. The lowest BCUT2D eigenvalue weighted by atomic mass is 10.1. The average molecular weight is 406 g/mol. The predicted octanol–water partition coefficient (Wildman–Crippen LogP) is 2.33. The van der Waals surface area contributed by atoms with Crippen LogP contribution in [0.2, 0.25) is 0 Å². The molecule has 0 atom stereocenters. The average Bonchev–Trinajstić information content (AvgIpc) is 3.32. The molecule has 27 heavy (non-hydrogen) atoms. The first kappa shape index (κ1) is 18.1. The zero-order chi connectivity index (χ0) is 19.4. The highest BCUT2D eigenvalue weighted by atomic mass is 32.2. The summed E-state index contributed by atoms with van der Waals surface area (Å²) in [4.78, 5) is 4.24. The van der Waals surface area contributed by atoms with Gasteiger partial charge in [0.05, 0.1) is 20.8 Å². The molecule has 1 heterocycles. The maximum Gasteiger partial charge on any atom is 0.269 e. The monoisotopic (exact) mass is 405 g/mol. The van der Waals surface area contributed by atoms with E-state index >= 15 is 0 Å². The van der Waals surface area contributed by atoms with Crippen LogP contribution in [0, 0.1) is 13.8 Å². The van der Waals surface area contributed by atoms with Crippen molar-refractivity contribution < 1.29 is 16.8 Å². The summed E-state index contributed by atoms with van der Waals surface area (Å²) in [6.07, 6.45) is 2.94. The van der Waals surface area contributed by atoms with Gasteiger partial charge in [-0.2, -0.15) is 0 Å². The second kappa shape index (κ2) is 6.15. The Morgan fingerprint density at radius 2 is 1.56 bits per heavy atom. The largest absolute Gasteiger partial charge is 0.269 e. The highest BCUT2D eigenvalue weighted by molar-refractivity contribution is 7.90. The van der Waals surface area contributed by atoms with Gasteiger partial charge in [-0.15, -0.1) is 0 Å². The fraction of sp³-hybridized carbons (Fsp3) is 0.278. The number of aryl methyl sites for hydroxylation is 2. The Morgan fingerprint density at radius 1 is 0.963 bits per heavy atom. The Hall–Kier alpha value is -2.23. The summed E-state index contributed by atoms with van der Waals surface area (Å²) >= 11 is 0. The first-order chi connectivity index (χ1) is 12.7. The molecular formula is C18H19N3O4S2. The van der Waals surface area contributed by atoms with Crippen LogP contribution >= 0.6 is 0 Å². The SMILES string of the molecule is Cc1cc2ncn(S(=O)(=O)c3ccc(S(=O)(=O)NC4CC4)cc3)c2cc1C. The molecule has 0 radical (unpaired) electrons. The second-order valence-corrected chi connectivity index (χ2v) is 10.4. The van der Waals surface area contributed by atoms with Crippen molar-refractivity contribution in [1.82, 2.24) is 13.7 Å². The van der Waals surface area contributed by atoms with Crippen molar-refractivity contribution in [2.75, 3.05) is 0 Å². The Morgan fingerprint density at radius 3 is 2.19 bits per heavy atom. The maximum atomic E-state index is 13.0. The number of nitrogens with zero attached hydrogens (tertiary/aromatic N) is 2. The number of benzene rings is 2. The molecule has 3 aromatic rings. The van der Waals surface area contributed by atoms with Gasteiger partial charge in [-0.3, -0.25) is 0 Å². The van der Waals surface area contributed by atoms with E-state index in [2.05, 4.69) is 9.71 Å². The molecule has 0 aliphatic heterocycles. The van der Waals surface area contributed by atoms with Gasteiger partial charge in [0, 0.05) is 6.04 Å². The van der Waals surface area contributed by atoms with Crippen molar-refractivity contribution >= 4 is 31.1 Å². The maximum absolute atomic E-state index is 13.0. The molecule has 0 unspecified atom stereocenters. The number of hydrogen-bond donors (Lipinski definition) is 1. The molecule has 4 rings (SSSR count). The Balaban J connectivity index is 1.73. The van der Waals surface area contributed by atoms with E-state index in [9.17, 15) is 16.8 Å². The lowest BCUT2D eigenvalue weighted by Gasteiger charge is -2.09. The van der Waals surface area contributed by atoms with E-state index in [1.165, 1.54) is 30.6 Å². The van der Waals surface area contributed by atoms with Gasteiger partial charge in [0.25, 0.3) is 10.0 Å². The van der Waals surface area contributed by atoms with Crippen LogP contribution in [0.15, 0.2) is 52.5 Å². The van der Waals surface area contributed by atoms with Crippen LogP contribution in [0.5, 0.6) is 0 Å². The molecule has 0 bridgehead atoms. The summed E-state index contributed by atoms with van der Waals surface area (Å²) < 4.78 is 54.2. The van der Waals surface area contributed by atoms with Gasteiger partial charge in [-0.05, 0) is 74.2 Å². The van der Waals surface area contributed by atoms with Crippen LogP contribution in [0.25, 0.3) is 11.0 Å². The number of nitrogens with one attached hydrogen (secondary N) is 1. The quantitative estimate of drug-likeness (QED) is 0.702. The standard InChI is InChI=1S/C18H19N3O4S2/c1-12-9-17-18(10-13(12)2)21(11-19-17)27(24,25)16-7-5-15(6-8-16)26(22,23)20-14-3-4-14/h5-11,14,20H,3-4H2,1-2H3. The number of imidazole rings is 1. The molecule has 2 aromatic carbocycles. The lowest BCUT2D eigenvalue weighted by Crippen LogP contribution is -2.25. The third-order valence-electron chi connectivity index (χ3n) is 4.72. The van der Waals surface area contributed by atoms with Crippen molar-refractivity contribution in [3.05, 3.63) is 53.9 Å². The highest BCUT2D eigenvalue weighted by Crippen LogP contribution is 2.25. The van der Waals surface area contributed by atoms with Crippen molar-refractivity contribution in [2.45, 2.75) is 42.5 Å². The summed E-state index contributed by atoms with van der Waals surface area (Å²) in [6.45, 7) is 3.85. The van der Waals surface area contributed by atoms with Gasteiger partial charge >= 0.3 is 0 Å². The molecule has 0 amide bonds. The summed E-state index contributed by atoms with van der Waals surface area (Å²) in [5, 5.41) is 0. The zero-order valence-corrected chi connectivity index (χ0v) is 16.5. The summed E-state index contributed by atoms with van der Waals surface area (Å²) in [6, 6.07) is 8.86. The Labute approximate surface area is 158 Å². The molecule has 1 aliphatic rings. The molecule has 7 nitrogen and oxygen atoms in total. The molecule has 1 aromatic heterocycles. The molecule has 9 heteroatoms. The Bertz CT molecular complexity index is 1240. The van der Waals surface area contributed by atoms with Gasteiger partial charge in [0.2, 0.25) is 10.0 Å². The molecule has 0 saturated heterocycles. The summed E-state index contributed by atoms with van der Waals surface area (Å²) in [5.74, 6) is 0. The van der Waals surface area contributed by atoms with Crippen LogP contribution in [0.4, 0.5) is 0 Å². The van der Waals surface area contributed by atoms with E-state index in [0.717, 1.165) is 27.9 Å². The van der Waals surface area contributed by atoms with Crippen LogP contribution in [-0.2, 0) is 20.0 Å². The lowest BCUT2D eigenvalue weighted by molar-refractivity contribution is 0.579. The number of hydrogen-bond acceptors (Lipinski definition) is 5. The zero-order valence-electron chi connectivity index (χ0n) is 14.9. The van der Waals surface area contributed by atoms with E-state index in [-0.39, 0.29) is 15.8 Å². The minimum atomic E-state index is -3.89. The van der Waals surface area contributed by atoms with Gasteiger partial charge < -0.3 is 0 Å². The molecule has 1 N–H and O–H groups in total. The molecule has 0 spiro atoms. The Kier molecular flexibility index (Phi) is 4.13. The smallest absolute Gasteiger partial charge is 0.236 e. The van der Waals surface area contributed by atoms with Crippen molar-refractivity contribution in [1.29, 1.82) is 0 Å².